The Bertz CT molecular complexity index is 685. The Hall–Kier alpha value is -2.26. The second kappa shape index (κ2) is 11.6. The lowest BCUT2D eigenvalue weighted by Gasteiger charge is -2.28. The quantitative estimate of drug-likeness (QED) is 0.520. The second-order valence-electron chi connectivity index (χ2n) is 6.93. The summed E-state index contributed by atoms with van der Waals surface area (Å²) in [6.07, 6.45) is 4.38. The molecule has 0 aliphatic carbocycles. The summed E-state index contributed by atoms with van der Waals surface area (Å²) in [6.45, 7) is 13.6. The van der Waals surface area contributed by atoms with Crippen molar-refractivity contribution < 1.29 is 0 Å². The summed E-state index contributed by atoms with van der Waals surface area (Å²) in [5, 5.41) is 0. The van der Waals surface area contributed by atoms with E-state index >= 15 is 0 Å². The highest BCUT2D eigenvalue weighted by Crippen LogP contribution is 2.37. The molecular formula is C25H37N3. The van der Waals surface area contributed by atoms with Gasteiger partial charge in [-0.15, -0.1) is 0 Å². The van der Waals surface area contributed by atoms with E-state index in [-0.39, 0.29) is 0 Å². The minimum Gasteiger partial charge on any atom is -0.372 e. The molecule has 0 unspecified atom stereocenters. The fourth-order valence-corrected chi connectivity index (χ4v) is 3.81. The standard InChI is InChI=1S/C25H37N3/c1-5-27(6-2)24-18-11-9-16-22(24)21(15-13-14-20-26)23-17-10-12-19-25(23)28(7-3)8-4/h9-12,15-19H,5-8,13-14,20,26H2,1-4H3. The van der Waals surface area contributed by atoms with Crippen molar-refractivity contribution in [2.45, 2.75) is 40.5 Å². The van der Waals surface area contributed by atoms with Gasteiger partial charge in [0.15, 0.2) is 0 Å². The topological polar surface area (TPSA) is 32.5 Å². The normalized spacial score (nSPS) is 10.6. The van der Waals surface area contributed by atoms with Crippen LogP contribution in [-0.4, -0.2) is 32.7 Å². The predicted molar refractivity (Wildman–Crippen MR) is 125 cm³/mol. The summed E-state index contributed by atoms with van der Waals surface area (Å²) in [7, 11) is 0. The van der Waals surface area contributed by atoms with Crippen LogP contribution in [0.3, 0.4) is 0 Å². The maximum Gasteiger partial charge on any atom is 0.0445 e. The van der Waals surface area contributed by atoms with Gasteiger partial charge in [0.25, 0.3) is 0 Å². The van der Waals surface area contributed by atoms with E-state index in [0.717, 1.165) is 45.6 Å². The summed E-state index contributed by atoms with van der Waals surface area (Å²) in [6, 6.07) is 17.6. The lowest BCUT2D eigenvalue weighted by atomic mass is 9.92. The van der Waals surface area contributed by atoms with Gasteiger partial charge in [0, 0.05) is 48.7 Å². The minimum absolute atomic E-state index is 0.721. The van der Waals surface area contributed by atoms with Crippen molar-refractivity contribution in [2.24, 2.45) is 5.73 Å². The minimum atomic E-state index is 0.721. The number of rotatable bonds is 11. The molecule has 0 saturated carbocycles. The molecule has 3 nitrogen and oxygen atoms in total. The Morgan fingerprint density at radius 2 is 1.18 bits per heavy atom. The molecule has 28 heavy (non-hydrogen) atoms. The van der Waals surface area contributed by atoms with Gasteiger partial charge in [-0.3, -0.25) is 0 Å². The van der Waals surface area contributed by atoms with Crippen molar-refractivity contribution in [3.8, 4) is 0 Å². The van der Waals surface area contributed by atoms with Gasteiger partial charge in [-0.2, -0.15) is 0 Å². The van der Waals surface area contributed by atoms with Crippen molar-refractivity contribution in [2.75, 3.05) is 42.5 Å². The van der Waals surface area contributed by atoms with Crippen LogP contribution >= 0.6 is 0 Å². The van der Waals surface area contributed by atoms with Crippen LogP contribution in [0.25, 0.3) is 5.57 Å². The van der Waals surface area contributed by atoms with E-state index in [1.807, 2.05) is 0 Å². The number of hydrogen-bond donors (Lipinski definition) is 1. The van der Waals surface area contributed by atoms with Crippen LogP contribution in [-0.2, 0) is 0 Å². The zero-order chi connectivity index (χ0) is 20.4. The van der Waals surface area contributed by atoms with Crippen LogP contribution in [0.1, 0.15) is 51.7 Å². The number of benzene rings is 2. The Morgan fingerprint density at radius 1 is 0.750 bits per heavy atom. The predicted octanol–water partition coefficient (Wildman–Crippen LogP) is 5.55. The van der Waals surface area contributed by atoms with E-state index in [9.17, 15) is 0 Å². The van der Waals surface area contributed by atoms with Gasteiger partial charge < -0.3 is 15.5 Å². The first-order chi connectivity index (χ1) is 13.7. The van der Waals surface area contributed by atoms with Gasteiger partial charge in [0.05, 0.1) is 0 Å². The third kappa shape index (κ3) is 5.17. The largest absolute Gasteiger partial charge is 0.372 e. The molecule has 0 bridgehead atoms. The van der Waals surface area contributed by atoms with Crippen LogP contribution in [0.4, 0.5) is 11.4 Å². The smallest absolute Gasteiger partial charge is 0.0445 e. The third-order valence-electron chi connectivity index (χ3n) is 5.35. The van der Waals surface area contributed by atoms with Gasteiger partial charge in [-0.25, -0.2) is 0 Å². The van der Waals surface area contributed by atoms with Crippen LogP contribution in [0, 0.1) is 0 Å². The summed E-state index contributed by atoms with van der Waals surface area (Å²) < 4.78 is 0. The van der Waals surface area contributed by atoms with E-state index < -0.39 is 0 Å². The van der Waals surface area contributed by atoms with Crippen molar-refractivity contribution >= 4 is 16.9 Å². The fourth-order valence-electron chi connectivity index (χ4n) is 3.81. The summed E-state index contributed by atoms with van der Waals surface area (Å²) >= 11 is 0. The lowest BCUT2D eigenvalue weighted by molar-refractivity contribution is 0.852. The number of anilines is 2. The van der Waals surface area contributed by atoms with Crippen LogP contribution in [0.15, 0.2) is 54.6 Å². The van der Waals surface area contributed by atoms with Crippen molar-refractivity contribution in [3.63, 3.8) is 0 Å². The molecule has 0 aliphatic rings. The fraction of sp³-hybridized carbons (Fsp3) is 0.440. The molecule has 0 saturated heterocycles. The molecule has 0 radical (unpaired) electrons. The van der Waals surface area contributed by atoms with E-state index in [0.29, 0.717) is 0 Å². The van der Waals surface area contributed by atoms with E-state index in [4.69, 9.17) is 5.73 Å². The van der Waals surface area contributed by atoms with Gasteiger partial charge >= 0.3 is 0 Å². The number of para-hydroxylation sites is 2. The molecule has 2 rings (SSSR count). The van der Waals surface area contributed by atoms with E-state index in [1.54, 1.807) is 0 Å². The highest BCUT2D eigenvalue weighted by atomic mass is 15.1. The SMILES string of the molecule is CCN(CC)c1ccccc1C(=CCCCN)c1ccccc1N(CC)CC. The number of allylic oxidation sites excluding steroid dienone is 1. The number of unbranched alkanes of at least 4 members (excludes halogenated alkanes) is 1. The Balaban J connectivity index is 2.66. The first kappa shape index (κ1) is 22.0. The average molecular weight is 380 g/mol. The molecule has 2 N–H and O–H groups in total. The average Bonchev–Trinajstić information content (AvgIpc) is 2.74. The first-order valence-electron chi connectivity index (χ1n) is 10.8. The molecule has 2 aromatic carbocycles. The lowest BCUT2D eigenvalue weighted by Crippen LogP contribution is -2.24. The molecule has 0 heterocycles. The molecule has 0 fully saturated rings. The van der Waals surface area contributed by atoms with E-state index in [2.05, 4.69) is 92.1 Å². The molecule has 0 spiro atoms. The highest BCUT2D eigenvalue weighted by Gasteiger charge is 2.17. The Kier molecular flexibility index (Phi) is 9.09. The molecular weight excluding hydrogens is 342 g/mol. The number of nitrogens with zero attached hydrogens (tertiary/aromatic N) is 2. The van der Waals surface area contributed by atoms with Gasteiger partial charge in [-0.05, 0) is 64.8 Å². The van der Waals surface area contributed by atoms with Gasteiger partial charge in [0.2, 0.25) is 0 Å². The van der Waals surface area contributed by atoms with Crippen LogP contribution in [0.5, 0.6) is 0 Å². The van der Waals surface area contributed by atoms with Crippen LogP contribution in [0.2, 0.25) is 0 Å². The van der Waals surface area contributed by atoms with Crippen LogP contribution < -0.4 is 15.5 Å². The van der Waals surface area contributed by atoms with Gasteiger partial charge in [-0.1, -0.05) is 42.5 Å². The summed E-state index contributed by atoms with van der Waals surface area (Å²) in [4.78, 5) is 4.87. The first-order valence-corrected chi connectivity index (χ1v) is 10.8. The molecule has 0 atom stereocenters. The monoisotopic (exact) mass is 379 g/mol. The Labute approximate surface area is 171 Å². The highest BCUT2D eigenvalue weighted by molar-refractivity contribution is 5.91. The molecule has 2 aromatic rings. The van der Waals surface area contributed by atoms with Gasteiger partial charge in [0.1, 0.15) is 0 Å². The van der Waals surface area contributed by atoms with Crippen molar-refractivity contribution in [1.82, 2.24) is 0 Å². The maximum absolute atomic E-state index is 5.79. The summed E-state index contributed by atoms with van der Waals surface area (Å²) in [5.41, 5.74) is 12.3. The molecule has 0 aliphatic heterocycles. The summed E-state index contributed by atoms with van der Waals surface area (Å²) in [5.74, 6) is 0. The second-order valence-corrected chi connectivity index (χ2v) is 6.93. The van der Waals surface area contributed by atoms with Crippen molar-refractivity contribution in [1.29, 1.82) is 0 Å². The Morgan fingerprint density at radius 3 is 1.57 bits per heavy atom. The molecule has 0 aromatic heterocycles. The number of hydrogen-bond acceptors (Lipinski definition) is 3. The molecule has 3 heteroatoms. The number of nitrogens with two attached hydrogens (primary N) is 1. The van der Waals surface area contributed by atoms with Crippen molar-refractivity contribution in [3.05, 3.63) is 65.7 Å². The molecule has 152 valence electrons. The zero-order valence-corrected chi connectivity index (χ0v) is 18.1. The van der Waals surface area contributed by atoms with E-state index in [1.165, 1.54) is 28.1 Å². The third-order valence-corrected chi connectivity index (χ3v) is 5.35. The maximum atomic E-state index is 5.79. The zero-order valence-electron chi connectivity index (χ0n) is 18.1. The molecule has 0 amide bonds.